The molecule has 1 heterocycles. The molecule has 1 fully saturated rings. The van der Waals surface area contributed by atoms with Crippen LogP contribution in [0.3, 0.4) is 0 Å². The number of rotatable bonds is 8. The first-order chi connectivity index (χ1) is 13.9. The number of nitrogens with zero attached hydrogens (tertiary/aromatic N) is 2. The fraction of sp³-hybridized carbons (Fsp3) is 0.682. The summed E-state index contributed by atoms with van der Waals surface area (Å²) in [5.41, 5.74) is 1.85. The van der Waals surface area contributed by atoms with Gasteiger partial charge in [0.2, 0.25) is 0 Å². The van der Waals surface area contributed by atoms with E-state index in [9.17, 15) is 15.0 Å². The van der Waals surface area contributed by atoms with Gasteiger partial charge in [-0.2, -0.15) is 0 Å². The minimum absolute atomic E-state index is 0.0195. The lowest BCUT2D eigenvalue weighted by atomic mass is 9.65. The number of hydrogen-bond acceptors (Lipinski definition) is 6. The third-order valence-electron chi connectivity index (χ3n) is 5.86. The van der Waals surface area contributed by atoms with Crippen molar-refractivity contribution >= 4 is 29.9 Å². The van der Waals surface area contributed by atoms with Gasteiger partial charge in [-0.1, -0.05) is 25.4 Å². The number of halogens is 1. The van der Waals surface area contributed by atoms with E-state index in [-0.39, 0.29) is 22.9 Å². The zero-order valence-electron chi connectivity index (χ0n) is 18.6. The molecule has 1 amide bonds. The van der Waals surface area contributed by atoms with E-state index in [1.165, 1.54) is 0 Å². The predicted molar refractivity (Wildman–Crippen MR) is 122 cm³/mol. The van der Waals surface area contributed by atoms with E-state index in [4.69, 9.17) is 11.6 Å². The number of carbonyl (C=O) groups is 1. The van der Waals surface area contributed by atoms with E-state index in [1.54, 1.807) is 13.1 Å². The molecule has 0 bridgehead atoms. The topological polar surface area (TPSA) is 106 Å². The lowest BCUT2D eigenvalue weighted by Gasteiger charge is -2.43. The minimum atomic E-state index is -0.899. The Morgan fingerprint density at radius 3 is 2.77 bits per heavy atom. The minimum Gasteiger partial charge on any atom is -0.389 e. The molecule has 3 atom stereocenters. The van der Waals surface area contributed by atoms with Crippen molar-refractivity contribution in [1.29, 1.82) is 0 Å². The molecule has 7 nitrogen and oxygen atoms in total. The molecule has 2 aliphatic rings. The molecule has 0 spiro atoms. The number of carbonyl (C=O) groups excluding carboxylic acids is 1. The van der Waals surface area contributed by atoms with Crippen molar-refractivity contribution < 1.29 is 15.0 Å². The van der Waals surface area contributed by atoms with E-state index >= 15 is 0 Å². The average Bonchev–Trinajstić information content (AvgIpc) is 3.06. The highest BCUT2D eigenvalue weighted by Gasteiger charge is 2.41. The van der Waals surface area contributed by atoms with E-state index in [0.29, 0.717) is 25.2 Å². The van der Waals surface area contributed by atoms with Crippen LogP contribution in [0.25, 0.3) is 0 Å². The number of hydrogen-bond donors (Lipinski definition) is 4. The standard InChI is InChI=1S/C22H35ClN4O3/c1-14-8-24-9-16(14)10-26-18(28)12-27-20(29)19(23)15(2)25-11-17-6-7-21(3,4)13-22(17,5)30/h8,11,17-18,26,28,30H,6-7,9-10,12-13H2,1-5H3,(H,27,29)/b19-15-,25-11?/t17?,18?,22-/m0/s1. The van der Waals surface area contributed by atoms with Crippen LogP contribution in [0.1, 0.15) is 53.9 Å². The van der Waals surface area contributed by atoms with Gasteiger partial charge >= 0.3 is 0 Å². The Morgan fingerprint density at radius 1 is 1.47 bits per heavy atom. The van der Waals surface area contributed by atoms with Crippen molar-refractivity contribution in [2.45, 2.75) is 65.7 Å². The third-order valence-corrected chi connectivity index (χ3v) is 6.31. The van der Waals surface area contributed by atoms with Gasteiger partial charge in [0.05, 0.1) is 24.4 Å². The Hall–Kier alpha value is -1.54. The maximum atomic E-state index is 12.3. The van der Waals surface area contributed by atoms with Crippen LogP contribution < -0.4 is 10.6 Å². The molecule has 0 radical (unpaired) electrons. The fourth-order valence-electron chi connectivity index (χ4n) is 3.99. The van der Waals surface area contributed by atoms with Gasteiger partial charge in [0.1, 0.15) is 11.3 Å². The zero-order chi connectivity index (χ0) is 22.5. The highest BCUT2D eigenvalue weighted by Crippen LogP contribution is 2.43. The van der Waals surface area contributed by atoms with Crippen LogP contribution in [0.2, 0.25) is 0 Å². The number of aliphatic imine (C=N–C) groups is 2. The van der Waals surface area contributed by atoms with E-state index in [0.717, 1.165) is 24.0 Å². The maximum Gasteiger partial charge on any atom is 0.264 e. The quantitative estimate of drug-likeness (QED) is 0.265. The first kappa shape index (κ1) is 24.7. The molecule has 0 aromatic carbocycles. The molecular formula is C22H35ClN4O3. The second kappa shape index (κ2) is 10.2. The van der Waals surface area contributed by atoms with E-state index < -0.39 is 17.7 Å². The molecule has 168 valence electrons. The summed E-state index contributed by atoms with van der Waals surface area (Å²) < 4.78 is 0. The van der Waals surface area contributed by atoms with E-state index in [2.05, 4.69) is 34.5 Å². The third kappa shape index (κ3) is 7.01. The summed E-state index contributed by atoms with van der Waals surface area (Å²) in [6, 6.07) is 0. The Morgan fingerprint density at radius 2 is 2.17 bits per heavy atom. The SMILES string of the molecule is CC1=C(CNC(O)CNC(=O)/C(Cl)=C(\C)N=CC2CCC(C)(C)C[C@]2(C)O)CN=C1. The van der Waals surface area contributed by atoms with Crippen LogP contribution in [0, 0.1) is 11.3 Å². The average molecular weight is 439 g/mol. The monoisotopic (exact) mass is 438 g/mol. The van der Waals surface area contributed by atoms with Crippen LogP contribution >= 0.6 is 11.6 Å². The number of nitrogens with one attached hydrogen (secondary N) is 2. The lowest BCUT2D eigenvalue weighted by Crippen LogP contribution is -2.44. The molecule has 30 heavy (non-hydrogen) atoms. The summed E-state index contributed by atoms with van der Waals surface area (Å²) >= 11 is 6.16. The second-order valence-corrected chi connectivity index (χ2v) is 9.76. The molecule has 0 aromatic rings. The summed E-state index contributed by atoms with van der Waals surface area (Å²) in [6.07, 6.45) is 5.15. The largest absolute Gasteiger partial charge is 0.389 e. The highest BCUT2D eigenvalue weighted by molar-refractivity contribution is 6.42. The van der Waals surface area contributed by atoms with Gasteiger partial charge in [-0.3, -0.25) is 20.1 Å². The van der Waals surface area contributed by atoms with Gasteiger partial charge in [-0.05, 0) is 56.6 Å². The van der Waals surface area contributed by atoms with Gasteiger partial charge in [-0.15, -0.1) is 0 Å². The number of aliphatic hydroxyl groups excluding tert-OH is 1. The zero-order valence-corrected chi connectivity index (χ0v) is 19.4. The Kier molecular flexibility index (Phi) is 8.39. The number of amides is 1. The van der Waals surface area contributed by atoms with Crippen molar-refractivity contribution in [3.63, 3.8) is 0 Å². The molecule has 2 unspecified atom stereocenters. The Labute approximate surface area is 184 Å². The maximum absolute atomic E-state index is 12.3. The summed E-state index contributed by atoms with van der Waals surface area (Å²) in [4.78, 5) is 20.8. The van der Waals surface area contributed by atoms with Gasteiger partial charge in [0.25, 0.3) is 5.91 Å². The van der Waals surface area contributed by atoms with Crippen LogP contribution in [0.15, 0.2) is 31.9 Å². The molecule has 1 aliphatic carbocycles. The molecule has 1 aliphatic heterocycles. The molecule has 0 saturated heterocycles. The Balaban J connectivity index is 1.84. The first-order valence-corrected chi connectivity index (χ1v) is 10.8. The van der Waals surface area contributed by atoms with Crippen LogP contribution in [0.5, 0.6) is 0 Å². The van der Waals surface area contributed by atoms with Crippen molar-refractivity contribution in [2.24, 2.45) is 21.3 Å². The summed E-state index contributed by atoms with van der Waals surface area (Å²) in [5.74, 6) is -0.584. The van der Waals surface area contributed by atoms with Gasteiger partial charge in [0.15, 0.2) is 0 Å². The second-order valence-electron chi connectivity index (χ2n) is 9.38. The van der Waals surface area contributed by atoms with Crippen molar-refractivity contribution in [3.05, 3.63) is 21.9 Å². The fourth-order valence-corrected chi connectivity index (χ4v) is 4.10. The summed E-state index contributed by atoms with van der Waals surface area (Å²) in [6.45, 7) is 10.9. The van der Waals surface area contributed by atoms with Crippen molar-refractivity contribution in [1.82, 2.24) is 10.6 Å². The molecule has 0 aromatic heterocycles. The Bertz CT molecular complexity index is 768. The highest BCUT2D eigenvalue weighted by atomic mass is 35.5. The van der Waals surface area contributed by atoms with Crippen LogP contribution in [-0.4, -0.2) is 60.0 Å². The molecule has 1 saturated carbocycles. The van der Waals surface area contributed by atoms with Crippen molar-refractivity contribution in [2.75, 3.05) is 19.6 Å². The van der Waals surface area contributed by atoms with Gasteiger partial charge < -0.3 is 15.5 Å². The summed E-state index contributed by atoms with van der Waals surface area (Å²) in [5, 5.41) is 26.3. The smallest absolute Gasteiger partial charge is 0.264 e. The normalized spacial score (nSPS) is 28.1. The molecule has 4 N–H and O–H groups in total. The van der Waals surface area contributed by atoms with Crippen LogP contribution in [-0.2, 0) is 4.79 Å². The number of allylic oxidation sites excluding steroid dienone is 2. The number of aliphatic hydroxyl groups is 2. The van der Waals surface area contributed by atoms with Crippen molar-refractivity contribution in [3.8, 4) is 0 Å². The van der Waals surface area contributed by atoms with Gasteiger partial charge in [-0.25, -0.2) is 0 Å². The van der Waals surface area contributed by atoms with Gasteiger partial charge in [0, 0.05) is 24.9 Å². The molecule has 2 rings (SSSR count). The lowest BCUT2D eigenvalue weighted by molar-refractivity contribution is -0.117. The molecular weight excluding hydrogens is 404 g/mol. The summed E-state index contributed by atoms with van der Waals surface area (Å²) in [7, 11) is 0. The van der Waals surface area contributed by atoms with Crippen LogP contribution in [0.4, 0.5) is 0 Å². The molecule has 8 heteroatoms. The first-order valence-electron chi connectivity index (χ1n) is 10.4. The predicted octanol–water partition coefficient (Wildman–Crippen LogP) is 2.53. The van der Waals surface area contributed by atoms with E-state index in [1.807, 2.05) is 20.1 Å².